The van der Waals surface area contributed by atoms with Crippen molar-refractivity contribution in [2.24, 2.45) is 5.92 Å². The molecule has 43 heavy (non-hydrogen) atoms. The summed E-state index contributed by atoms with van der Waals surface area (Å²) >= 11 is 0. The van der Waals surface area contributed by atoms with Crippen molar-refractivity contribution in [2.75, 3.05) is 19.6 Å². The van der Waals surface area contributed by atoms with Gasteiger partial charge in [0.1, 0.15) is 18.1 Å². The molecule has 0 aliphatic carbocycles. The van der Waals surface area contributed by atoms with Gasteiger partial charge in [0, 0.05) is 19.5 Å². The lowest BCUT2D eigenvalue weighted by Gasteiger charge is -2.32. The molecule has 1 aromatic rings. The molecule has 0 unspecified atom stereocenters. The second kappa shape index (κ2) is 14.5. The summed E-state index contributed by atoms with van der Waals surface area (Å²) in [7, 11) is 0. The van der Waals surface area contributed by atoms with Crippen molar-refractivity contribution in [2.45, 2.75) is 89.5 Å². The molecule has 3 saturated heterocycles. The summed E-state index contributed by atoms with van der Waals surface area (Å²) in [5.41, 5.74) is 0.801. The molecule has 0 saturated carbocycles. The molecule has 5 N–H and O–H groups in total. The first-order valence-corrected chi connectivity index (χ1v) is 15.2. The summed E-state index contributed by atoms with van der Waals surface area (Å²) in [6, 6.07) is 3.19. The predicted molar refractivity (Wildman–Crippen MR) is 157 cm³/mol. The number of carbonyl (C=O) groups is 6. The van der Waals surface area contributed by atoms with Gasteiger partial charge in [-0.05, 0) is 43.7 Å². The molecule has 0 radical (unpaired) electrons. The van der Waals surface area contributed by atoms with Crippen molar-refractivity contribution in [1.82, 2.24) is 36.4 Å². The predicted octanol–water partition coefficient (Wildman–Crippen LogP) is 0.638. The smallest absolute Gasteiger partial charge is 0.322 e. The van der Waals surface area contributed by atoms with Gasteiger partial charge in [-0.3, -0.25) is 34.7 Å². The van der Waals surface area contributed by atoms with Crippen LogP contribution in [0.15, 0.2) is 30.3 Å². The van der Waals surface area contributed by atoms with Gasteiger partial charge in [-0.15, -0.1) is 0 Å². The third-order valence-electron chi connectivity index (χ3n) is 8.04. The van der Waals surface area contributed by atoms with Gasteiger partial charge >= 0.3 is 12.1 Å². The molecule has 0 aromatic heterocycles. The minimum Gasteiger partial charge on any atom is -0.355 e. The number of amides is 8. The standard InChI is InChI=1S/C30H43N7O6/c1-4-5-13-31-27(40)24-23-17-37(23)28(41)21(16-19-10-7-6-8-11-19)33-30(43)34-25(38)20(15-18(2)3)32-29(42)35-26(39)22-12-9-14-36(22)24/h6-8,10-11,18,20-24H,4-5,9,12-17H2,1-3H3,(H,31,40)(H2,32,35,39,42)(H2,33,34,38,43)/t20-,21-,22-,23-,24+,37?/m0/s1. The molecule has 5 atom stereocenters. The first-order valence-electron chi connectivity index (χ1n) is 15.2. The average molecular weight is 598 g/mol. The first kappa shape index (κ1) is 31.9. The fourth-order valence-electron chi connectivity index (χ4n) is 5.86. The second-order valence-corrected chi connectivity index (χ2v) is 11.9. The van der Waals surface area contributed by atoms with E-state index in [-0.39, 0.29) is 37.1 Å². The van der Waals surface area contributed by atoms with E-state index in [9.17, 15) is 28.8 Å². The molecule has 3 aliphatic rings. The van der Waals surface area contributed by atoms with Gasteiger partial charge in [-0.25, -0.2) is 9.59 Å². The van der Waals surface area contributed by atoms with Crippen molar-refractivity contribution in [3.63, 3.8) is 0 Å². The van der Waals surface area contributed by atoms with Crippen LogP contribution in [-0.2, 0) is 25.6 Å². The quantitative estimate of drug-likeness (QED) is 0.216. The van der Waals surface area contributed by atoms with E-state index in [2.05, 4.69) is 26.6 Å². The van der Waals surface area contributed by atoms with Gasteiger partial charge < -0.3 is 20.9 Å². The van der Waals surface area contributed by atoms with E-state index in [4.69, 9.17) is 0 Å². The Kier molecular flexibility index (Phi) is 10.7. The van der Waals surface area contributed by atoms with Crippen LogP contribution >= 0.6 is 0 Å². The zero-order chi connectivity index (χ0) is 31.1. The molecule has 4 rings (SSSR count). The van der Waals surface area contributed by atoms with E-state index >= 15 is 0 Å². The van der Waals surface area contributed by atoms with Crippen molar-refractivity contribution >= 4 is 35.7 Å². The van der Waals surface area contributed by atoms with Crippen LogP contribution in [0.5, 0.6) is 0 Å². The van der Waals surface area contributed by atoms with E-state index in [1.165, 1.54) is 4.90 Å². The van der Waals surface area contributed by atoms with E-state index in [0.717, 1.165) is 18.4 Å². The van der Waals surface area contributed by atoms with Crippen molar-refractivity contribution in [3.05, 3.63) is 35.9 Å². The summed E-state index contributed by atoms with van der Waals surface area (Å²) < 4.78 is 0. The average Bonchev–Trinajstić information content (AvgIpc) is 3.58. The Labute approximate surface area is 251 Å². The third-order valence-corrected chi connectivity index (χ3v) is 8.04. The highest BCUT2D eigenvalue weighted by molar-refractivity contribution is 6.02. The van der Waals surface area contributed by atoms with Crippen LogP contribution in [0.4, 0.5) is 9.59 Å². The van der Waals surface area contributed by atoms with Crippen LogP contribution in [0.1, 0.15) is 58.4 Å². The Hall–Kier alpha value is -4.00. The Morgan fingerprint density at radius 1 is 0.977 bits per heavy atom. The highest BCUT2D eigenvalue weighted by atomic mass is 16.2. The minimum atomic E-state index is -1.11. The van der Waals surface area contributed by atoms with E-state index < -0.39 is 54.1 Å². The Morgan fingerprint density at radius 3 is 2.33 bits per heavy atom. The molecule has 3 fully saturated rings. The lowest BCUT2D eigenvalue weighted by Crippen LogP contribution is -2.60. The zero-order valence-electron chi connectivity index (χ0n) is 25.1. The Bertz CT molecular complexity index is 1210. The number of urea groups is 2. The normalized spacial score (nSPS) is 27.0. The maximum atomic E-state index is 13.9. The number of hydrogen-bond donors (Lipinski definition) is 5. The number of benzene rings is 1. The van der Waals surface area contributed by atoms with Crippen molar-refractivity contribution in [1.29, 1.82) is 0 Å². The van der Waals surface area contributed by atoms with Crippen LogP contribution in [0, 0.1) is 5.92 Å². The highest BCUT2D eigenvalue weighted by Crippen LogP contribution is 2.31. The summed E-state index contributed by atoms with van der Waals surface area (Å²) in [4.78, 5) is 83.0. The number of rotatable bonds is 8. The van der Waals surface area contributed by atoms with E-state index in [1.54, 1.807) is 4.90 Å². The number of unbranched alkanes of at least 4 members (excludes halogenated alkanes) is 1. The molecule has 3 aliphatic heterocycles. The number of hydrogen-bond acceptors (Lipinski definition) is 7. The number of nitrogens with zero attached hydrogens (tertiary/aromatic N) is 2. The molecule has 8 amide bonds. The SMILES string of the molecule is CCCCNC(=O)[C@H]1[C@@H]2CN2C(=O)[C@H](Cc2ccccc2)NC(=O)NC(=O)[C@H](CC(C)C)NC(=O)NC(=O)[C@@H]2CCCN21. The van der Waals surface area contributed by atoms with Crippen LogP contribution < -0.4 is 26.6 Å². The van der Waals surface area contributed by atoms with Gasteiger partial charge in [-0.2, -0.15) is 0 Å². The van der Waals surface area contributed by atoms with Gasteiger partial charge in [-0.1, -0.05) is 57.5 Å². The number of nitrogens with one attached hydrogen (secondary N) is 5. The molecule has 234 valence electrons. The summed E-state index contributed by atoms with van der Waals surface area (Å²) in [6.45, 7) is 6.89. The third kappa shape index (κ3) is 8.31. The molecular weight excluding hydrogens is 554 g/mol. The van der Waals surface area contributed by atoms with Crippen LogP contribution in [0.25, 0.3) is 0 Å². The highest BCUT2D eigenvalue weighted by Gasteiger charge is 2.53. The number of fused-ring (bicyclic) bond motifs is 2. The summed E-state index contributed by atoms with van der Waals surface area (Å²) in [5.74, 6) is -2.04. The fourth-order valence-corrected chi connectivity index (χ4v) is 5.86. The maximum Gasteiger partial charge on any atom is 0.322 e. The fraction of sp³-hybridized carbons (Fsp3) is 0.600. The summed E-state index contributed by atoms with van der Waals surface area (Å²) in [5, 5.41) is 12.7. The molecule has 0 spiro atoms. The molecular formula is C30H43N7O6. The molecule has 0 bridgehead atoms. The molecule has 13 heteroatoms. The molecule has 3 heterocycles. The lowest BCUT2D eigenvalue weighted by atomic mass is 10.0. The van der Waals surface area contributed by atoms with Crippen LogP contribution in [-0.4, -0.2) is 95.3 Å². The second-order valence-electron chi connectivity index (χ2n) is 11.9. The molecule has 13 nitrogen and oxygen atoms in total. The largest absolute Gasteiger partial charge is 0.355 e. The first-order chi connectivity index (χ1) is 20.6. The summed E-state index contributed by atoms with van der Waals surface area (Å²) in [6.07, 6.45) is 3.10. The van der Waals surface area contributed by atoms with E-state index in [1.807, 2.05) is 51.1 Å². The molecule has 1 aromatic carbocycles. The Morgan fingerprint density at radius 2 is 1.65 bits per heavy atom. The number of carbonyl (C=O) groups excluding carboxylic acids is 6. The van der Waals surface area contributed by atoms with Crippen molar-refractivity contribution < 1.29 is 28.8 Å². The Balaban J connectivity index is 1.67. The van der Waals surface area contributed by atoms with Gasteiger partial charge in [0.25, 0.3) is 5.91 Å². The number of imide groups is 2. The van der Waals surface area contributed by atoms with Crippen LogP contribution in [0.2, 0.25) is 0 Å². The van der Waals surface area contributed by atoms with Gasteiger partial charge in [0.15, 0.2) is 0 Å². The monoisotopic (exact) mass is 597 g/mol. The zero-order valence-corrected chi connectivity index (χ0v) is 25.1. The van der Waals surface area contributed by atoms with Crippen molar-refractivity contribution in [3.8, 4) is 0 Å². The van der Waals surface area contributed by atoms with E-state index in [0.29, 0.717) is 25.9 Å². The van der Waals surface area contributed by atoms with Gasteiger partial charge in [0.2, 0.25) is 17.7 Å². The lowest BCUT2D eigenvalue weighted by molar-refractivity contribution is -0.132. The van der Waals surface area contributed by atoms with Gasteiger partial charge in [0.05, 0.1) is 12.1 Å². The topological polar surface area (TPSA) is 169 Å². The maximum absolute atomic E-state index is 13.9. The minimum absolute atomic E-state index is 0.0234. The van der Waals surface area contributed by atoms with Crippen LogP contribution in [0.3, 0.4) is 0 Å².